The Hall–Kier alpha value is -2.57. The standard InChI is InChI=1S/C18H17NO2/c1-14-9-10-17(16(12-14)8-5-11-20)18(21)19-13-15-6-3-2-4-7-15/h2-4,6-7,9-10,12,20H,11,13H2,1H3,(H,19,21). The summed E-state index contributed by atoms with van der Waals surface area (Å²) in [6.45, 7) is 2.19. The molecule has 0 aliphatic carbocycles. The average Bonchev–Trinajstić information content (AvgIpc) is 2.51. The molecule has 0 aliphatic rings. The maximum atomic E-state index is 12.3. The van der Waals surface area contributed by atoms with Gasteiger partial charge in [0.25, 0.3) is 5.91 Å². The Balaban J connectivity index is 2.15. The van der Waals surface area contributed by atoms with Crippen molar-refractivity contribution in [3.63, 3.8) is 0 Å². The van der Waals surface area contributed by atoms with E-state index in [1.54, 1.807) is 6.07 Å². The lowest BCUT2D eigenvalue weighted by Gasteiger charge is -2.08. The van der Waals surface area contributed by atoms with Gasteiger partial charge in [0.15, 0.2) is 0 Å². The highest BCUT2D eigenvalue weighted by Crippen LogP contribution is 2.11. The molecule has 0 heterocycles. The molecule has 2 N–H and O–H groups in total. The van der Waals surface area contributed by atoms with Gasteiger partial charge in [0.2, 0.25) is 0 Å². The Bertz CT molecular complexity index is 681. The van der Waals surface area contributed by atoms with Crippen molar-refractivity contribution in [2.24, 2.45) is 0 Å². The average molecular weight is 279 g/mol. The number of amides is 1. The van der Waals surface area contributed by atoms with Gasteiger partial charge in [0, 0.05) is 12.1 Å². The number of hydrogen-bond acceptors (Lipinski definition) is 2. The molecule has 21 heavy (non-hydrogen) atoms. The van der Waals surface area contributed by atoms with Gasteiger partial charge < -0.3 is 10.4 Å². The molecule has 0 saturated carbocycles. The van der Waals surface area contributed by atoms with Crippen molar-refractivity contribution < 1.29 is 9.90 Å². The predicted octanol–water partition coefficient (Wildman–Crippen LogP) is 2.27. The number of hydrogen-bond donors (Lipinski definition) is 2. The largest absolute Gasteiger partial charge is 0.384 e. The molecule has 3 heteroatoms. The molecule has 2 aromatic carbocycles. The van der Waals surface area contributed by atoms with E-state index in [9.17, 15) is 4.79 Å². The molecule has 0 unspecified atom stereocenters. The minimum absolute atomic E-state index is 0.166. The smallest absolute Gasteiger partial charge is 0.252 e. The van der Waals surface area contributed by atoms with Gasteiger partial charge in [-0.15, -0.1) is 0 Å². The number of rotatable bonds is 3. The van der Waals surface area contributed by atoms with Gasteiger partial charge in [0.05, 0.1) is 5.56 Å². The molecule has 3 nitrogen and oxygen atoms in total. The van der Waals surface area contributed by atoms with E-state index in [4.69, 9.17) is 5.11 Å². The highest BCUT2D eigenvalue weighted by atomic mass is 16.2. The Morgan fingerprint density at radius 2 is 1.95 bits per heavy atom. The van der Waals surface area contributed by atoms with Crippen LogP contribution in [0.25, 0.3) is 0 Å². The summed E-state index contributed by atoms with van der Waals surface area (Å²) in [7, 11) is 0. The number of aliphatic hydroxyl groups is 1. The monoisotopic (exact) mass is 279 g/mol. The van der Waals surface area contributed by atoms with Crippen LogP contribution in [-0.2, 0) is 6.54 Å². The molecular weight excluding hydrogens is 262 g/mol. The molecule has 0 radical (unpaired) electrons. The molecular formula is C18H17NO2. The normalized spacial score (nSPS) is 9.62. The van der Waals surface area contributed by atoms with Crippen molar-refractivity contribution in [3.05, 3.63) is 70.8 Å². The van der Waals surface area contributed by atoms with E-state index < -0.39 is 0 Å². The van der Waals surface area contributed by atoms with E-state index >= 15 is 0 Å². The van der Waals surface area contributed by atoms with Crippen LogP contribution < -0.4 is 5.32 Å². The third kappa shape index (κ3) is 4.20. The summed E-state index contributed by atoms with van der Waals surface area (Å²) in [4.78, 5) is 12.3. The molecule has 2 aromatic rings. The molecule has 1 amide bonds. The Labute approximate surface area is 124 Å². The van der Waals surface area contributed by atoms with Crippen molar-refractivity contribution in [1.82, 2.24) is 5.32 Å². The minimum atomic E-state index is -0.223. The van der Waals surface area contributed by atoms with Gasteiger partial charge in [-0.1, -0.05) is 48.2 Å². The van der Waals surface area contributed by atoms with Crippen molar-refractivity contribution in [1.29, 1.82) is 0 Å². The number of benzene rings is 2. The summed E-state index contributed by atoms with van der Waals surface area (Å²) in [6, 6.07) is 15.2. The molecule has 0 aliphatic heterocycles. The second kappa shape index (κ2) is 7.28. The van der Waals surface area contributed by atoms with E-state index in [-0.39, 0.29) is 12.5 Å². The van der Waals surface area contributed by atoms with Crippen LogP contribution in [0.5, 0.6) is 0 Å². The predicted molar refractivity (Wildman–Crippen MR) is 82.8 cm³/mol. The first-order chi connectivity index (χ1) is 10.2. The van der Waals surface area contributed by atoms with E-state index in [0.717, 1.165) is 11.1 Å². The van der Waals surface area contributed by atoms with Gasteiger partial charge in [-0.25, -0.2) is 0 Å². The molecule has 106 valence electrons. The first-order valence-electron chi connectivity index (χ1n) is 6.73. The van der Waals surface area contributed by atoms with E-state index in [0.29, 0.717) is 17.7 Å². The Morgan fingerprint density at radius 1 is 1.19 bits per heavy atom. The van der Waals surface area contributed by atoms with Gasteiger partial charge in [-0.3, -0.25) is 4.79 Å². The quantitative estimate of drug-likeness (QED) is 0.847. The molecule has 0 aromatic heterocycles. The zero-order chi connectivity index (χ0) is 15.1. The Morgan fingerprint density at radius 3 is 2.67 bits per heavy atom. The SMILES string of the molecule is Cc1ccc(C(=O)NCc2ccccc2)c(C#CCO)c1. The lowest BCUT2D eigenvalue weighted by atomic mass is 10.0. The van der Waals surface area contributed by atoms with E-state index in [1.807, 2.05) is 49.4 Å². The molecule has 0 spiro atoms. The second-order valence-electron chi connectivity index (χ2n) is 4.68. The fourth-order valence-corrected chi connectivity index (χ4v) is 1.97. The first-order valence-corrected chi connectivity index (χ1v) is 6.73. The van der Waals surface area contributed by atoms with Gasteiger partial charge in [0.1, 0.15) is 6.61 Å². The van der Waals surface area contributed by atoms with Crippen LogP contribution in [0, 0.1) is 18.8 Å². The van der Waals surface area contributed by atoms with Crippen LogP contribution in [0.1, 0.15) is 27.0 Å². The maximum absolute atomic E-state index is 12.3. The number of nitrogens with one attached hydrogen (secondary N) is 1. The fourth-order valence-electron chi connectivity index (χ4n) is 1.97. The zero-order valence-corrected chi connectivity index (χ0v) is 11.9. The van der Waals surface area contributed by atoms with Crippen LogP contribution >= 0.6 is 0 Å². The summed E-state index contributed by atoms with van der Waals surface area (Å²) in [5.74, 6) is 5.24. The van der Waals surface area contributed by atoms with Crippen LogP contribution in [0.15, 0.2) is 48.5 Å². The maximum Gasteiger partial charge on any atom is 0.252 e. The number of carbonyl (C=O) groups is 1. The number of aryl methyl sites for hydroxylation is 1. The summed E-state index contributed by atoms with van der Waals surface area (Å²) >= 11 is 0. The van der Waals surface area contributed by atoms with Crippen LogP contribution in [0.3, 0.4) is 0 Å². The summed E-state index contributed by atoms with van der Waals surface area (Å²) < 4.78 is 0. The third-order valence-corrected chi connectivity index (χ3v) is 3.02. The lowest BCUT2D eigenvalue weighted by Crippen LogP contribution is -2.23. The molecule has 0 atom stereocenters. The third-order valence-electron chi connectivity index (χ3n) is 3.02. The first kappa shape index (κ1) is 14.8. The molecule has 0 saturated heterocycles. The minimum Gasteiger partial charge on any atom is -0.384 e. The Kier molecular flexibility index (Phi) is 5.14. The number of aliphatic hydroxyl groups excluding tert-OH is 1. The second-order valence-corrected chi connectivity index (χ2v) is 4.68. The van der Waals surface area contributed by atoms with Crippen LogP contribution in [-0.4, -0.2) is 17.6 Å². The van der Waals surface area contributed by atoms with Crippen molar-refractivity contribution in [2.45, 2.75) is 13.5 Å². The van der Waals surface area contributed by atoms with Crippen molar-refractivity contribution in [3.8, 4) is 11.8 Å². The van der Waals surface area contributed by atoms with Crippen LogP contribution in [0.2, 0.25) is 0 Å². The molecule has 0 fully saturated rings. The molecule has 2 rings (SSSR count). The summed E-state index contributed by atoms with van der Waals surface area (Å²) in [5.41, 5.74) is 3.23. The zero-order valence-electron chi connectivity index (χ0n) is 11.9. The van der Waals surface area contributed by atoms with E-state index in [2.05, 4.69) is 17.2 Å². The van der Waals surface area contributed by atoms with Crippen molar-refractivity contribution in [2.75, 3.05) is 6.61 Å². The summed E-state index contributed by atoms with van der Waals surface area (Å²) in [5, 5.41) is 11.7. The number of carbonyl (C=O) groups excluding carboxylic acids is 1. The van der Waals surface area contributed by atoms with E-state index in [1.165, 1.54) is 0 Å². The van der Waals surface area contributed by atoms with Gasteiger partial charge in [-0.05, 0) is 30.2 Å². The fraction of sp³-hybridized carbons (Fsp3) is 0.167. The summed E-state index contributed by atoms with van der Waals surface area (Å²) in [6.07, 6.45) is 0. The lowest BCUT2D eigenvalue weighted by molar-refractivity contribution is 0.0950. The highest BCUT2D eigenvalue weighted by Gasteiger charge is 2.10. The van der Waals surface area contributed by atoms with Crippen LogP contribution in [0.4, 0.5) is 0 Å². The van der Waals surface area contributed by atoms with Gasteiger partial charge in [-0.2, -0.15) is 0 Å². The molecule has 0 bridgehead atoms. The van der Waals surface area contributed by atoms with Gasteiger partial charge >= 0.3 is 0 Å². The topological polar surface area (TPSA) is 49.3 Å². The highest BCUT2D eigenvalue weighted by molar-refractivity contribution is 5.96. The van der Waals surface area contributed by atoms with Crippen molar-refractivity contribution >= 4 is 5.91 Å².